The van der Waals surface area contributed by atoms with Crippen LogP contribution in [0.2, 0.25) is 0 Å². The van der Waals surface area contributed by atoms with E-state index in [9.17, 15) is 0 Å². The van der Waals surface area contributed by atoms with E-state index in [4.69, 9.17) is 4.74 Å². The van der Waals surface area contributed by atoms with Gasteiger partial charge >= 0.3 is 0 Å². The van der Waals surface area contributed by atoms with Gasteiger partial charge in [-0.25, -0.2) is 0 Å². The van der Waals surface area contributed by atoms with Gasteiger partial charge in [-0.1, -0.05) is 0 Å². The van der Waals surface area contributed by atoms with E-state index in [2.05, 4.69) is 29.1 Å². The van der Waals surface area contributed by atoms with Crippen LogP contribution in [0.5, 0.6) is 0 Å². The summed E-state index contributed by atoms with van der Waals surface area (Å²) in [5, 5.41) is 3.38. The topological polar surface area (TPSA) is 27.7 Å². The van der Waals surface area contributed by atoms with Crippen molar-refractivity contribution < 1.29 is 4.74 Å². The molecule has 1 N–H and O–H groups in total. The summed E-state index contributed by atoms with van der Waals surface area (Å²) in [7, 11) is 2.23. The predicted octanol–water partition coefficient (Wildman–Crippen LogP) is 0.781. The third-order valence-electron chi connectivity index (χ3n) is 4.20. The Kier molecular flexibility index (Phi) is 5.89. The molecule has 2 aliphatic rings. The number of hydrogen-bond acceptors (Lipinski definition) is 4. The van der Waals surface area contributed by atoms with Crippen molar-refractivity contribution >= 4 is 0 Å². The zero-order chi connectivity index (χ0) is 12.8. The summed E-state index contributed by atoms with van der Waals surface area (Å²) in [6.07, 6.45) is 4.14. The molecular formula is C14H29N3O. The van der Waals surface area contributed by atoms with Gasteiger partial charge < -0.3 is 15.0 Å². The van der Waals surface area contributed by atoms with E-state index < -0.39 is 0 Å². The van der Waals surface area contributed by atoms with Gasteiger partial charge in [-0.3, -0.25) is 4.90 Å². The van der Waals surface area contributed by atoms with Crippen molar-refractivity contribution in [1.29, 1.82) is 0 Å². The Morgan fingerprint density at radius 1 is 1.22 bits per heavy atom. The molecular weight excluding hydrogens is 226 g/mol. The highest BCUT2D eigenvalue weighted by molar-refractivity contribution is 4.75. The summed E-state index contributed by atoms with van der Waals surface area (Å²) >= 11 is 0. The Balaban J connectivity index is 1.65. The van der Waals surface area contributed by atoms with E-state index >= 15 is 0 Å². The Morgan fingerprint density at radius 2 is 2.00 bits per heavy atom. The first-order chi connectivity index (χ1) is 8.75. The molecule has 0 aromatic rings. The summed E-state index contributed by atoms with van der Waals surface area (Å²) in [6.45, 7) is 10.2. The Hall–Kier alpha value is -0.160. The zero-order valence-electron chi connectivity index (χ0n) is 12.0. The average Bonchev–Trinajstić information content (AvgIpc) is 2.52. The van der Waals surface area contributed by atoms with Crippen molar-refractivity contribution in [1.82, 2.24) is 15.1 Å². The van der Waals surface area contributed by atoms with Gasteiger partial charge in [0.15, 0.2) is 0 Å². The number of rotatable bonds is 4. The van der Waals surface area contributed by atoms with E-state index in [0.717, 1.165) is 26.2 Å². The van der Waals surface area contributed by atoms with Crippen molar-refractivity contribution in [2.75, 3.05) is 52.9 Å². The van der Waals surface area contributed by atoms with Gasteiger partial charge in [0.1, 0.15) is 0 Å². The second kappa shape index (κ2) is 7.43. The molecule has 4 nitrogen and oxygen atoms in total. The summed E-state index contributed by atoms with van der Waals surface area (Å²) in [5.41, 5.74) is 0. The number of likely N-dealkylation sites (N-methyl/N-ethyl adjacent to an activating group) is 1. The molecule has 2 heterocycles. The fourth-order valence-corrected chi connectivity index (χ4v) is 3.05. The summed E-state index contributed by atoms with van der Waals surface area (Å²) in [6, 6.07) is 0.661. The second-order valence-electron chi connectivity index (χ2n) is 5.82. The van der Waals surface area contributed by atoms with Crippen LogP contribution >= 0.6 is 0 Å². The lowest BCUT2D eigenvalue weighted by atomic mass is 10.1. The van der Waals surface area contributed by atoms with E-state index in [1.165, 1.54) is 38.9 Å². The largest absolute Gasteiger partial charge is 0.377 e. The van der Waals surface area contributed by atoms with Crippen LogP contribution in [0, 0.1) is 0 Å². The van der Waals surface area contributed by atoms with Crippen LogP contribution in [0.4, 0.5) is 0 Å². The van der Waals surface area contributed by atoms with E-state index in [1.54, 1.807) is 0 Å². The third-order valence-corrected chi connectivity index (χ3v) is 4.20. The van der Waals surface area contributed by atoms with Crippen molar-refractivity contribution in [2.24, 2.45) is 0 Å². The molecule has 0 spiro atoms. The maximum absolute atomic E-state index is 6.01. The van der Waals surface area contributed by atoms with Crippen LogP contribution in [-0.4, -0.2) is 74.9 Å². The summed E-state index contributed by atoms with van der Waals surface area (Å²) in [5.74, 6) is 0. The van der Waals surface area contributed by atoms with Crippen molar-refractivity contribution in [3.05, 3.63) is 0 Å². The van der Waals surface area contributed by atoms with Gasteiger partial charge in [0, 0.05) is 19.1 Å². The first-order valence-corrected chi connectivity index (χ1v) is 7.50. The van der Waals surface area contributed by atoms with E-state index in [-0.39, 0.29) is 0 Å². The Morgan fingerprint density at radius 3 is 2.78 bits per heavy atom. The molecule has 0 radical (unpaired) electrons. The first-order valence-electron chi connectivity index (χ1n) is 7.50. The minimum absolute atomic E-state index is 0.496. The van der Waals surface area contributed by atoms with E-state index in [0.29, 0.717) is 12.1 Å². The minimum atomic E-state index is 0.496. The summed E-state index contributed by atoms with van der Waals surface area (Å²) in [4.78, 5) is 5.03. The van der Waals surface area contributed by atoms with Crippen LogP contribution in [0.3, 0.4) is 0 Å². The Bertz CT molecular complexity index is 231. The normalized spacial score (nSPS) is 29.3. The number of piperidine rings is 1. The molecule has 1 unspecified atom stereocenters. The van der Waals surface area contributed by atoms with Gasteiger partial charge in [0.2, 0.25) is 0 Å². The highest BCUT2D eigenvalue weighted by Gasteiger charge is 2.20. The number of ether oxygens (including phenoxy) is 1. The maximum Gasteiger partial charge on any atom is 0.0600 e. The van der Waals surface area contributed by atoms with Crippen LogP contribution in [0.15, 0.2) is 0 Å². The van der Waals surface area contributed by atoms with Crippen molar-refractivity contribution in [3.8, 4) is 0 Å². The van der Waals surface area contributed by atoms with Gasteiger partial charge in [0.25, 0.3) is 0 Å². The lowest BCUT2D eigenvalue weighted by molar-refractivity contribution is 0.0154. The van der Waals surface area contributed by atoms with Crippen LogP contribution in [0.1, 0.15) is 26.2 Å². The number of nitrogens with one attached hydrogen (secondary N) is 1. The Labute approximate surface area is 112 Å². The number of nitrogens with zero attached hydrogens (tertiary/aromatic N) is 2. The molecule has 0 bridgehead atoms. The molecule has 0 saturated carbocycles. The van der Waals surface area contributed by atoms with Crippen LogP contribution < -0.4 is 5.32 Å². The quantitative estimate of drug-likeness (QED) is 0.803. The monoisotopic (exact) mass is 255 g/mol. The highest BCUT2D eigenvalue weighted by atomic mass is 16.5. The molecule has 2 rings (SSSR count). The average molecular weight is 255 g/mol. The molecule has 0 aromatic heterocycles. The zero-order valence-corrected chi connectivity index (χ0v) is 12.0. The molecule has 0 aromatic carbocycles. The lowest BCUT2D eigenvalue weighted by Gasteiger charge is -2.29. The molecule has 2 saturated heterocycles. The molecule has 2 aliphatic heterocycles. The molecule has 1 atom stereocenters. The molecule has 0 amide bonds. The van der Waals surface area contributed by atoms with Gasteiger partial charge in [-0.15, -0.1) is 0 Å². The van der Waals surface area contributed by atoms with Crippen LogP contribution in [0.25, 0.3) is 0 Å². The van der Waals surface area contributed by atoms with Gasteiger partial charge in [-0.05, 0) is 59.4 Å². The van der Waals surface area contributed by atoms with E-state index in [1.807, 2.05) is 0 Å². The molecule has 0 aliphatic carbocycles. The van der Waals surface area contributed by atoms with Crippen LogP contribution in [-0.2, 0) is 4.74 Å². The fourth-order valence-electron chi connectivity index (χ4n) is 3.05. The molecule has 2 fully saturated rings. The number of hydrogen-bond donors (Lipinski definition) is 1. The third kappa shape index (κ3) is 4.50. The lowest BCUT2D eigenvalue weighted by Crippen LogP contribution is -2.40. The predicted molar refractivity (Wildman–Crippen MR) is 75.0 cm³/mol. The minimum Gasteiger partial charge on any atom is -0.377 e. The molecule has 18 heavy (non-hydrogen) atoms. The first kappa shape index (κ1) is 14.3. The maximum atomic E-state index is 6.01. The van der Waals surface area contributed by atoms with Gasteiger partial charge in [-0.2, -0.15) is 0 Å². The van der Waals surface area contributed by atoms with Crippen molar-refractivity contribution in [3.63, 3.8) is 0 Å². The smallest absolute Gasteiger partial charge is 0.0600 e. The standard InChI is InChI=1S/C14H29N3O/c1-13-12-16(2)8-3-9-17(13)10-11-18-14-4-6-15-7-5-14/h13-15H,3-12H2,1-2H3. The highest BCUT2D eigenvalue weighted by Crippen LogP contribution is 2.10. The SMILES string of the molecule is CC1CN(C)CCCN1CCOC1CCNCC1. The summed E-state index contributed by atoms with van der Waals surface area (Å²) < 4.78 is 6.01. The van der Waals surface area contributed by atoms with Gasteiger partial charge in [0.05, 0.1) is 12.7 Å². The second-order valence-corrected chi connectivity index (χ2v) is 5.82. The molecule has 4 heteroatoms. The molecule has 106 valence electrons. The fraction of sp³-hybridized carbons (Fsp3) is 1.00. The van der Waals surface area contributed by atoms with Crippen molar-refractivity contribution in [2.45, 2.75) is 38.3 Å².